The number of esters is 1. The van der Waals surface area contributed by atoms with E-state index in [4.69, 9.17) is 9.47 Å². The topological polar surface area (TPSA) is 76.1 Å². The minimum Gasteiger partial charge on any atom is -0.441 e. The second-order valence-corrected chi connectivity index (χ2v) is 12.7. The highest BCUT2D eigenvalue weighted by Crippen LogP contribution is 2.46. The van der Waals surface area contributed by atoms with Crippen molar-refractivity contribution in [2.75, 3.05) is 11.5 Å². The van der Waals surface area contributed by atoms with Gasteiger partial charge >= 0.3 is 5.97 Å². The number of rotatable bonds is 8. The number of carbonyl (C=O) groups is 2. The summed E-state index contributed by atoms with van der Waals surface area (Å²) >= 11 is 0. The first kappa shape index (κ1) is 22.9. The molecule has 2 heterocycles. The number of amides is 1. The molecular weight excluding hydrogens is 405 g/mol. The Hall–Kier alpha value is -1.77. The molecule has 6 nitrogen and oxygen atoms in total. The number of aryl methyl sites for hydroxylation is 1. The van der Waals surface area contributed by atoms with Crippen LogP contribution in [0.5, 0.6) is 0 Å². The molecule has 2 saturated heterocycles. The van der Waals surface area contributed by atoms with Gasteiger partial charge in [-0.05, 0) is 56.0 Å². The molecule has 2 aliphatic heterocycles. The van der Waals surface area contributed by atoms with Crippen LogP contribution in [0, 0.1) is 5.92 Å². The molecule has 30 heavy (non-hydrogen) atoms. The molecule has 2 aliphatic rings. The van der Waals surface area contributed by atoms with Crippen molar-refractivity contribution in [1.29, 1.82) is 0 Å². The molecule has 5 atom stereocenters. The summed E-state index contributed by atoms with van der Waals surface area (Å²) in [6.07, 6.45) is 1.32. The Balaban J connectivity index is 1.66. The summed E-state index contributed by atoms with van der Waals surface area (Å²) in [6, 6.07) is 7.64. The molecule has 2 fully saturated rings. The number of β-lactam (4-membered cyclic amide) rings is 1. The van der Waals surface area contributed by atoms with Crippen LogP contribution < -0.4 is 4.90 Å². The fraction of sp³-hybridized carbons (Fsp3) is 0.636. The van der Waals surface area contributed by atoms with Gasteiger partial charge in [-0.25, -0.2) is 0 Å². The second kappa shape index (κ2) is 9.16. The van der Waals surface area contributed by atoms with Gasteiger partial charge in [0.1, 0.15) is 0 Å². The molecule has 0 bridgehead atoms. The van der Waals surface area contributed by atoms with E-state index in [1.807, 2.05) is 24.3 Å². The predicted octanol–water partition coefficient (Wildman–Crippen LogP) is 3.58. The van der Waals surface area contributed by atoms with E-state index in [-0.39, 0.29) is 42.6 Å². The van der Waals surface area contributed by atoms with Crippen molar-refractivity contribution < 1.29 is 28.3 Å². The van der Waals surface area contributed by atoms with E-state index in [1.165, 1.54) is 11.8 Å². The second-order valence-electron chi connectivity index (χ2n) is 8.92. The summed E-state index contributed by atoms with van der Waals surface area (Å²) in [5.41, 5.74) is 1.64. The van der Waals surface area contributed by atoms with Crippen LogP contribution in [0.1, 0.15) is 38.7 Å². The summed E-state index contributed by atoms with van der Waals surface area (Å²) < 4.78 is 26.3. The molecule has 0 saturated carbocycles. The minimum atomic E-state index is -2.91. The lowest BCUT2D eigenvalue weighted by atomic mass is 9.95. The molecule has 0 spiro atoms. The number of anilines is 1. The molecule has 1 aromatic carbocycles. The number of aliphatic hydroxyl groups excluding tert-OH is 1. The Kier molecular flexibility index (Phi) is 6.99. The normalized spacial score (nSPS) is 29.1. The summed E-state index contributed by atoms with van der Waals surface area (Å²) in [4.78, 5) is 24.8. The molecule has 1 unspecified atom stereocenters. The zero-order valence-electron chi connectivity index (χ0n) is 18.1. The highest BCUT2D eigenvalue weighted by Gasteiger charge is 2.50. The van der Waals surface area contributed by atoms with Crippen LogP contribution in [-0.2, 0) is 25.5 Å². The molecular formula is C22H32FNO5Si. The van der Waals surface area contributed by atoms with Crippen molar-refractivity contribution in [1.82, 2.24) is 0 Å². The molecule has 1 N–H and O–H groups in total. The summed E-state index contributed by atoms with van der Waals surface area (Å²) in [6.45, 7) is 6.83. The summed E-state index contributed by atoms with van der Waals surface area (Å²) in [5, 5.41) is 9.35. The van der Waals surface area contributed by atoms with Gasteiger partial charge in [-0.15, -0.1) is 0 Å². The van der Waals surface area contributed by atoms with Crippen molar-refractivity contribution in [3.63, 3.8) is 0 Å². The first-order valence-electron chi connectivity index (χ1n) is 10.6. The highest BCUT2D eigenvalue weighted by molar-refractivity contribution is 6.72. The number of ether oxygens (including phenoxy) is 2. The van der Waals surface area contributed by atoms with Crippen LogP contribution in [-0.4, -0.2) is 50.4 Å². The molecule has 1 amide bonds. The molecule has 3 rings (SSSR count). The maximum Gasteiger partial charge on any atom is 0.304 e. The Morgan fingerprint density at radius 3 is 2.67 bits per heavy atom. The monoisotopic (exact) mass is 437 g/mol. The van der Waals surface area contributed by atoms with Gasteiger partial charge < -0.3 is 18.7 Å². The van der Waals surface area contributed by atoms with Gasteiger partial charge in [0.15, 0.2) is 6.23 Å². The Morgan fingerprint density at radius 1 is 1.33 bits per heavy atom. The lowest BCUT2D eigenvalue weighted by Gasteiger charge is -2.39. The van der Waals surface area contributed by atoms with Crippen LogP contribution >= 0.6 is 0 Å². The van der Waals surface area contributed by atoms with Gasteiger partial charge in [0.05, 0.1) is 18.6 Å². The lowest BCUT2D eigenvalue weighted by molar-refractivity contribution is -0.153. The molecule has 1 aromatic rings. The van der Waals surface area contributed by atoms with Crippen LogP contribution in [0.15, 0.2) is 24.3 Å². The summed E-state index contributed by atoms with van der Waals surface area (Å²) in [7, 11) is -2.91. The van der Waals surface area contributed by atoms with Gasteiger partial charge in [0.2, 0.25) is 14.3 Å². The number of carbonyl (C=O) groups excluding carboxylic acids is 2. The van der Waals surface area contributed by atoms with E-state index < -0.39 is 20.6 Å². The van der Waals surface area contributed by atoms with Gasteiger partial charge in [-0.1, -0.05) is 19.1 Å². The average Bonchev–Trinajstić information content (AvgIpc) is 2.95. The Morgan fingerprint density at radius 2 is 2.07 bits per heavy atom. The third-order valence-corrected chi connectivity index (χ3v) is 8.71. The highest BCUT2D eigenvalue weighted by atomic mass is 28.4. The fourth-order valence-electron chi connectivity index (χ4n) is 4.93. The number of benzene rings is 1. The third-order valence-electron chi connectivity index (χ3n) is 6.22. The maximum atomic E-state index is 14.9. The smallest absolute Gasteiger partial charge is 0.304 e. The van der Waals surface area contributed by atoms with Crippen LogP contribution in [0.4, 0.5) is 9.80 Å². The van der Waals surface area contributed by atoms with E-state index >= 15 is 0 Å². The predicted molar refractivity (Wildman–Crippen MR) is 114 cm³/mol. The lowest BCUT2D eigenvalue weighted by Crippen LogP contribution is -2.54. The van der Waals surface area contributed by atoms with Gasteiger partial charge in [-0.2, -0.15) is 0 Å². The summed E-state index contributed by atoms with van der Waals surface area (Å²) in [5.74, 6) is -0.384. The molecule has 166 valence electrons. The Bertz CT molecular complexity index is 783. The zero-order chi connectivity index (χ0) is 22.1. The average molecular weight is 438 g/mol. The first-order chi connectivity index (χ1) is 14.1. The third kappa shape index (κ3) is 4.92. The molecule has 0 aromatic heterocycles. The van der Waals surface area contributed by atoms with Crippen LogP contribution in [0.2, 0.25) is 18.6 Å². The molecule has 0 aliphatic carbocycles. The van der Waals surface area contributed by atoms with Crippen molar-refractivity contribution in [2.24, 2.45) is 5.92 Å². The maximum absolute atomic E-state index is 14.9. The van der Waals surface area contributed by atoms with Crippen molar-refractivity contribution in [3.8, 4) is 0 Å². The zero-order valence-corrected chi connectivity index (χ0v) is 19.1. The van der Waals surface area contributed by atoms with Crippen molar-refractivity contribution in [2.45, 2.75) is 76.6 Å². The van der Waals surface area contributed by atoms with E-state index in [1.54, 1.807) is 13.1 Å². The van der Waals surface area contributed by atoms with Crippen molar-refractivity contribution in [3.05, 3.63) is 29.8 Å². The van der Waals surface area contributed by atoms with E-state index in [2.05, 4.69) is 6.92 Å². The van der Waals surface area contributed by atoms with Gasteiger partial charge in [-0.3, -0.25) is 14.5 Å². The van der Waals surface area contributed by atoms with Gasteiger partial charge in [0, 0.05) is 24.8 Å². The fourth-order valence-corrected chi connectivity index (χ4v) is 7.52. The number of aliphatic hydroxyl groups is 1. The van der Waals surface area contributed by atoms with Crippen LogP contribution in [0.3, 0.4) is 0 Å². The SMILES string of the molecule is CC(=O)OC1CC(=O)N1c1cccc(CC[C@H]2O[C@@H](CCO)[C@H]([Si](C)(C)F)[C@H]2C)c1. The number of halogens is 1. The number of hydrogen-bond donors (Lipinski definition) is 1. The molecule has 0 radical (unpaired) electrons. The van der Waals surface area contributed by atoms with Crippen LogP contribution in [0.25, 0.3) is 0 Å². The largest absolute Gasteiger partial charge is 0.441 e. The quantitative estimate of drug-likeness (QED) is 0.291. The number of hydrogen-bond acceptors (Lipinski definition) is 5. The van der Waals surface area contributed by atoms with E-state index in [9.17, 15) is 18.8 Å². The van der Waals surface area contributed by atoms with Gasteiger partial charge in [0.25, 0.3) is 0 Å². The Labute approximate surface area is 178 Å². The first-order valence-corrected chi connectivity index (χ1v) is 13.6. The minimum absolute atomic E-state index is 0.000492. The van der Waals surface area contributed by atoms with E-state index in [0.29, 0.717) is 12.1 Å². The molecule has 8 heteroatoms. The van der Waals surface area contributed by atoms with E-state index in [0.717, 1.165) is 18.4 Å². The number of nitrogens with zero attached hydrogens (tertiary/aromatic N) is 1. The standard InChI is InChI=1S/C22H32FNO5Si/c1-14-18(29-19(10-11-25)22(14)30(3,4)23)9-8-16-6-5-7-17(12-16)24-20(27)13-21(24)28-15(2)26/h5-7,12,14,18-19,21-22,25H,8-11,13H2,1-4H3/t14-,18+,19-,21?,22+/m0/s1. The van der Waals surface area contributed by atoms with Crippen molar-refractivity contribution >= 4 is 26.0 Å².